The third-order valence-corrected chi connectivity index (χ3v) is 6.02. The lowest BCUT2D eigenvalue weighted by molar-refractivity contribution is -0.113. The molecule has 3 atom stereocenters. The molecule has 0 aliphatic carbocycles. The van der Waals surface area contributed by atoms with E-state index in [4.69, 9.17) is 23.7 Å². The number of rotatable bonds is 10. The number of hydrogen-bond donors (Lipinski definition) is 0. The average molecular weight is 546 g/mol. The van der Waals surface area contributed by atoms with Crippen LogP contribution in [0, 0.1) is 12.7 Å². The van der Waals surface area contributed by atoms with Gasteiger partial charge in [-0.15, -0.1) is 0 Å². The Morgan fingerprint density at radius 1 is 1.21 bits per heavy atom. The van der Waals surface area contributed by atoms with Crippen molar-refractivity contribution in [3.05, 3.63) is 58.9 Å². The van der Waals surface area contributed by atoms with Crippen LogP contribution < -0.4 is 9.47 Å². The van der Waals surface area contributed by atoms with Crippen LogP contribution >= 0.6 is 0 Å². The van der Waals surface area contributed by atoms with E-state index in [2.05, 4.69) is 0 Å². The molecule has 2 aromatic rings. The van der Waals surface area contributed by atoms with Gasteiger partial charge in [0.1, 0.15) is 23.5 Å². The first-order valence-electron chi connectivity index (χ1n) is 12.7. The number of carbonyl (C=O) groups is 3. The Morgan fingerprint density at radius 3 is 2.51 bits per heavy atom. The molecule has 39 heavy (non-hydrogen) atoms. The summed E-state index contributed by atoms with van der Waals surface area (Å²) in [4.78, 5) is 38.4. The predicted octanol–water partition coefficient (Wildman–Crippen LogP) is 4.86. The number of aldehydes is 1. The third-order valence-electron chi connectivity index (χ3n) is 6.02. The summed E-state index contributed by atoms with van der Waals surface area (Å²) in [7, 11) is 1.15. The zero-order valence-corrected chi connectivity index (χ0v) is 23.2. The molecule has 3 rings (SSSR count). The number of likely N-dealkylation sites (tertiary alicyclic amines) is 1. The molecule has 1 fully saturated rings. The largest absolute Gasteiger partial charge is 0.490 e. The molecule has 0 N–H and O–H groups in total. The van der Waals surface area contributed by atoms with Gasteiger partial charge in [0, 0.05) is 0 Å². The lowest BCUT2D eigenvalue weighted by atomic mass is 10.1. The molecule has 1 aliphatic heterocycles. The molecule has 0 saturated carbocycles. The molecule has 1 saturated heterocycles. The topological polar surface area (TPSA) is 101 Å². The van der Waals surface area contributed by atoms with Gasteiger partial charge in [-0.05, 0) is 58.2 Å². The van der Waals surface area contributed by atoms with Gasteiger partial charge in [-0.25, -0.2) is 14.0 Å². The second kappa shape index (κ2) is 12.9. The lowest BCUT2D eigenvalue weighted by Gasteiger charge is -2.28. The molecule has 0 bridgehead atoms. The first-order chi connectivity index (χ1) is 18.4. The summed E-state index contributed by atoms with van der Waals surface area (Å²) >= 11 is 0. The number of carbonyl (C=O) groups excluding carboxylic acids is 3. The Morgan fingerprint density at radius 2 is 1.90 bits per heavy atom. The number of ether oxygens (including phenoxy) is 5. The van der Waals surface area contributed by atoms with Crippen molar-refractivity contribution in [1.82, 2.24) is 4.90 Å². The van der Waals surface area contributed by atoms with Gasteiger partial charge in [0.15, 0.2) is 24.0 Å². The van der Waals surface area contributed by atoms with Gasteiger partial charge >= 0.3 is 12.1 Å². The van der Waals surface area contributed by atoms with Crippen molar-refractivity contribution in [3.8, 4) is 11.5 Å². The number of hydrogen-bond acceptors (Lipinski definition) is 8. The van der Waals surface area contributed by atoms with Crippen LogP contribution in [-0.2, 0) is 25.6 Å². The molecule has 1 amide bonds. The Kier molecular flexibility index (Phi) is 9.91. The van der Waals surface area contributed by atoms with Crippen molar-refractivity contribution in [2.45, 2.75) is 71.5 Å². The molecule has 212 valence electrons. The zero-order chi connectivity index (χ0) is 28.7. The highest BCUT2D eigenvalue weighted by atomic mass is 19.1. The van der Waals surface area contributed by atoms with E-state index in [0.717, 1.165) is 12.7 Å². The van der Waals surface area contributed by atoms with Gasteiger partial charge in [0.2, 0.25) is 0 Å². The standard InChI is InChI=1S/C29H36FNO8/c1-18-12-23(24(27(33)35-6)26(25(18)30)38-19(2)15-32)37-17-21-13-22(36-16-20-10-8-7-9-11-20)14-31(21)28(34)39-29(3,4)5/h7-12,15,19,21-22H,13-14,16-17H2,1-6H3/t19-,21-,22+/m1/s1. The molecule has 0 unspecified atom stereocenters. The number of halogens is 1. The zero-order valence-electron chi connectivity index (χ0n) is 23.2. The van der Waals surface area contributed by atoms with E-state index in [9.17, 15) is 18.8 Å². The van der Waals surface area contributed by atoms with Gasteiger partial charge < -0.3 is 23.7 Å². The molecule has 2 aromatic carbocycles. The molecular formula is C29H36FNO8. The number of benzene rings is 2. The van der Waals surface area contributed by atoms with Crippen molar-refractivity contribution >= 4 is 18.3 Å². The van der Waals surface area contributed by atoms with Crippen molar-refractivity contribution in [2.24, 2.45) is 0 Å². The maximum atomic E-state index is 15.0. The van der Waals surface area contributed by atoms with Crippen LogP contribution in [0.2, 0.25) is 0 Å². The first-order valence-corrected chi connectivity index (χ1v) is 12.7. The van der Waals surface area contributed by atoms with Gasteiger partial charge in [-0.1, -0.05) is 30.3 Å². The average Bonchev–Trinajstić information content (AvgIpc) is 3.31. The molecule has 1 heterocycles. The van der Waals surface area contributed by atoms with Crippen molar-refractivity contribution in [3.63, 3.8) is 0 Å². The number of nitrogens with zero attached hydrogens (tertiary/aromatic N) is 1. The Labute approximate surface area is 228 Å². The highest BCUT2D eigenvalue weighted by Crippen LogP contribution is 2.36. The maximum Gasteiger partial charge on any atom is 0.410 e. The van der Waals surface area contributed by atoms with Crippen LogP contribution in [0.15, 0.2) is 36.4 Å². The summed E-state index contributed by atoms with van der Waals surface area (Å²) < 4.78 is 43.0. The van der Waals surface area contributed by atoms with E-state index in [0.29, 0.717) is 19.3 Å². The highest BCUT2D eigenvalue weighted by Gasteiger charge is 2.39. The lowest BCUT2D eigenvalue weighted by Crippen LogP contribution is -2.42. The van der Waals surface area contributed by atoms with E-state index < -0.39 is 41.4 Å². The number of aryl methyl sites for hydroxylation is 1. The van der Waals surface area contributed by atoms with Crippen LogP contribution in [0.5, 0.6) is 11.5 Å². The van der Waals surface area contributed by atoms with E-state index in [1.54, 1.807) is 25.7 Å². The summed E-state index contributed by atoms with van der Waals surface area (Å²) in [5, 5.41) is 0. The molecule has 9 nitrogen and oxygen atoms in total. The van der Waals surface area contributed by atoms with Crippen molar-refractivity contribution in [2.75, 3.05) is 20.3 Å². The fourth-order valence-corrected chi connectivity index (χ4v) is 4.14. The van der Waals surface area contributed by atoms with Crippen LogP contribution in [0.1, 0.15) is 55.6 Å². The van der Waals surface area contributed by atoms with Gasteiger partial charge in [0.25, 0.3) is 0 Å². The maximum absolute atomic E-state index is 15.0. The normalized spacial score (nSPS) is 17.9. The SMILES string of the molecule is COC(=O)c1c(OC[C@H]2C[C@H](OCc3ccccc3)CN2C(=O)OC(C)(C)C)cc(C)c(F)c1O[C@H](C)C=O. The quantitative estimate of drug-likeness (QED) is 0.308. The summed E-state index contributed by atoms with van der Waals surface area (Å²) in [6.07, 6.45) is -0.887. The van der Waals surface area contributed by atoms with E-state index in [1.165, 1.54) is 19.9 Å². The Hall–Kier alpha value is -3.66. The first kappa shape index (κ1) is 29.9. The summed E-state index contributed by atoms with van der Waals surface area (Å²) in [5.41, 5.74) is 0.153. The molecule has 0 aromatic heterocycles. The van der Waals surface area contributed by atoms with Crippen molar-refractivity contribution < 1.29 is 42.5 Å². The molecule has 0 spiro atoms. The number of esters is 1. The van der Waals surface area contributed by atoms with Crippen LogP contribution in [0.4, 0.5) is 9.18 Å². The fraction of sp³-hybridized carbons (Fsp3) is 0.483. The van der Waals surface area contributed by atoms with Gasteiger partial charge in [-0.2, -0.15) is 0 Å². The van der Waals surface area contributed by atoms with Crippen LogP contribution in [0.25, 0.3) is 0 Å². The molecule has 0 radical (unpaired) electrons. The minimum absolute atomic E-state index is 0.00615. The molecule has 1 aliphatic rings. The second-order valence-electron chi connectivity index (χ2n) is 10.4. The van der Waals surface area contributed by atoms with E-state index in [1.807, 2.05) is 30.3 Å². The summed E-state index contributed by atoms with van der Waals surface area (Å²) in [6, 6.07) is 10.6. The minimum Gasteiger partial charge on any atom is -0.490 e. The molecular weight excluding hydrogens is 509 g/mol. The van der Waals surface area contributed by atoms with Crippen LogP contribution in [-0.4, -0.2) is 67.4 Å². The third kappa shape index (κ3) is 7.92. The summed E-state index contributed by atoms with van der Waals surface area (Å²) in [5.74, 6) is -2.12. The second-order valence-corrected chi connectivity index (χ2v) is 10.4. The molecule has 10 heteroatoms. The summed E-state index contributed by atoms with van der Waals surface area (Å²) in [6.45, 7) is 8.86. The van der Waals surface area contributed by atoms with Gasteiger partial charge in [-0.3, -0.25) is 9.69 Å². The smallest absolute Gasteiger partial charge is 0.410 e. The fourth-order valence-electron chi connectivity index (χ4n) is 4.14. The Balaban J connectivity index is 1.85. The predicted molar refractivity (Wildman–Crippen MR) is 140 cm³/mol. The highest BCUT2D eigenvalue weighted by molar-refractivity contribution is 5.96. The van der Waals surface area contributed by atoms with E-state index >= 15 is 0 Å². The van der Waals surface area contributed by atoms with Gasteiger partial charge in [0.05, 0.1) is 32.4 Å². The number of amides is 1. The monoisotopic (exact) mass is 545 g/mol. The van der Waals surface area contributed by atoms with Crippen molar-refractivity contribution in [1.29, 1.82) is 0 Å². The minimum atomic E-state index is -1.02. The van der Waals surface area contributed by atoms with E-state index in [-0.39, 0.29) is 36.1 Å². The Bertz CT molecular complexity index is 1160. The number of methoxy groups -OCH3 is 1. The van der Waals surface area contributed by atoms with Crippen LogP contribution in [0.3, 0.4) is 0 Å².